The van der Waals surface area contributed by atoms with Crippen LogP contribution in [0.15, 0.2) is 0 Å². The lowest BCUT2D eigenvalue weighted by molar-refractivity contribution is -0.135. The Hall–Kier alpha value is -0.680. The van der Waals surface area contributed by atoms with E-state index in [9.17, 15) is 4.79 Å². The van der Waals surface area contributed by atoms with Crippen LogP contribution in [0.5, 0.6) is 0 Å². The predicted octanol–water partition coefficient (Wildman–Crippen LogP) is 3.48. The maximum Gasteiger partial charge on any atom is 0.240 e. The third kappa shape index (κ3) is 5.40. The molecule has 2 aliphatic rings. The molecule has 1 amide bonds. The van der Waals surface area contributed by atoms with E-state index in [0.29, 0.717) is 5.92 Å². The summed E-state index contributed by atoms with van der Waals surface area (Å²) < 4.78 is 0. The van der Waals surface area contributed by atoms with Crippen molar-refractivity contribution in [1.29, 1.82) is 0 Å². The smallest absolute Gasteiger partial charge is 0.240 e. The van der Waals surface area contributed by atoms with Gasteiger partial charge in [-0.15, -0.1) is 0 Å². The van der Waals surface area contributed by atoms with E-state index in [1.807, 2.05) is 25.7 Å². The van der Waals surface area contributed by atoms with Gasteiger partial charge >= 0.3 is 0 Å². The van der Waals surface area contributed by atoms with Crippen molar-refractivity contribution in [2.75, 3.05) is 13.1 Å². The van der Waals surface area contributed by atoms with Crippen LogP contribution in [-0.4, -0.2) is 41.0 Å². The minimum atomic E-state index is -0.439. The molecule has 1 heterocycles. The molecule has 0 aromatic heterocycles. The molecule has 2 rings (SSSR count). The van der Waals surface area contributed by atoms with Crippen molar-refractivity contribution in [3.8, 4) is 0 Å². The van der Waals surface area contributed by atoms with E-state index in [4.69, 9.17) is 18.0 Å². The van der Waals surface area contributed by atoms with E-state index in [-0.39, 0.29) is 17.4 Å². The van der Waals surface area contributed by atoms with Crippen molar-refractivity contribution in [2.45, 2.75) is 84.7 Å². The van der Waals surface area contributed by atoms with Gasteiger partial charge in [-0.2, -0.15) is 0 Å². The molecule has 0 unspecified atom stereocenters. The topological polar surface area (TPSA) is 58.4 Å². The second-order valence-electron chi connectivity index (χ2n) is 9.09. The van der Waals surface area contributed by atoms with Crippen molar-refractivity contribution in [1.82, 2.24) is 10.2 Å². The van der Waals surface area contributed by atoms with Crippen LogP contribution in [0.4, 0.5) is 0 Å². The first-order valence-electron chi connectivity index (χ1n) is 10.1. The Kier molecular flexibility index (Phi) is 7.27. The molecule has 4 nitrogen and oxygen atoms in total. The summed E-state index contributed by atoms with van der Waals surface area (Å²) in [6, 6.07) is -0.208. The van der Waals surface area contributed by atoms with Gasteiger partial charge in [-0.05, 0) is 37.0 Å². The predicted molar refractivity (Wildman–Crippen MR) is 109 cm³/mol. The second-order valence-corrected chi connectivity index (χ2v) is 9.53. The molecule has 144 valence electrons. The maximum atomic E-state index is 12.7. The highest BCUT2D eigenvalue weighted by Crippen LogP contribution is 2.37. The summed E-state index contributed by atoms with van der Waals surface area (Å²) in [5.74, 6) is 1.52. The Morgan fingerprint density at radius 1 is 1.36 bits per heavy atom. The van der Waals surface area contributed by atoms with Gasteiger partial charge in [0.1, 0.15) is 0 Å². The molecule has 1 aliphatic heterocycles. The van der Waals surface area contributed by atoms with Crippen LogP contribution in [-0.2, 0) is 4.79 Å². The molecule has 5 heteroatoms. The summed E-state index contributed by atoms with van der Waals surface area (Å²) in [4.78, 5) is 15.7. The SMILES string of the molecule is CCCCC1CC(C(=S)NC[C@H]2CCCN2C(=O)[C@@H](N)C(C)(C)C)C1. The fourth-order valence-corrected chi connectivity index (χ4v) is 4.20. The zero-order valence-corrected chi connectivity index (χ0v) is 17.3. The Morgan fingerprint density at radius 2 is 2.04 bits per heavy atom. The zero-order valence-electron chi connectivity index (χ0n) is 16.5. The molecule has 2 atom stereocenters. The molecule has 0 radical (unpaired) electrons. The average molecular weight is 368 g/mol. The lowest BCUT2D eigenvalue weighted by atomic mass is 9.72. The zero-order chi connectivity index (χ0) is 18.6. The maximum absolute atomic E-state index is 12.7. The quantitative estimate of drug-likeness (QED) is 0.676. The first-order chi connectivity index (χ1) is 11.7. The van der Waals surface area contributed by atoms with Crippen molar-refractivity contribution in [3.05, 3.63) is 0 Å². The number of unbranched alkanes of at least 4 members (excludes halogenated alkanes) is 1. The van der Waals surface area contributed by atoms with Crippen molar-refractivity contribution in [2.24, 2.45) is 23.0 Å². The largest absolute Gasteiger partial charge is 0.377 e. The highest BCUT2D eigenvalue weighted by atomic mass is 32.1. The van der Waals surface area contributed by atoms with Gasteiger partial charge in [-0.25, -0.2) is 0 Å². The van der Waals surface area contributed by atoms with Crippen LogP contribution in [0, 0.1) is 17.3 Å². The summed E-state index contributed by atoms with van der Waals surface area (Å²) in [5, 5.41) is 3.46. The van der Waals surface area contributed by atoms with Crippen LogP contribution in [0.2, 0.25) is 0 Å². The van der Waals surface area contributed by atoms with Gasteiger partial charge in [0, 0.05) is 25.0 Å². The Balaban J connectivity index is 1.76. The lowest BCUT2D eigenvalue weighted by Gasteiger charge is -2.37. The summed E-state index contributed by atoms with van der Waals surface area (Å²) in [6.45, 7) is 9.93. The molecule has 25 heavy (non-hydrogen) atoms. The van der Waals surface area contributed by atoms with Crippen LogP contribution < -0.4 is 11.1 Å². The molecule has 1 saturated carbocycles. The van der Waals surface area contributed by atoms with Crippen LogP contribution in [0.25, 0.3) is 0 Å². The number of carbonyl (C=O) groups excluding carboxylic acids is 1. The number of likely N-dealkylation sites (tertiary alicyclic amines) is 1. The molecule has 1 saturated heterocycles. The van der Waals surface area contributed by atoms with Crippen molar-refractivity contribution in [3.63, 3.8) is 0 Å². The van der Waals surface area contributed by atoms with Gasteiger partial charge in [0.2, 0.25) is 5.91 Å². The van der Waals surface area contributed by atoms with E-state index < -0.39 is 6.04 Å². The number of nitrogens with two attached hydrogens (primary N) is 1. The molecular formula is C20H37N3OS. The highest BCUT2D eigenvalue weighted by Gasteiger charge is 2.37. The monoisotopic (exact) mass is 367 g/mol. The summed E-state index contributed by atoms with van der Waals surface area (Å²) >= 11 is 5.60. The van der Waals surface area contributed by atoms with Crippen LogP contribution >= 0.6 is 12.2 Å². The van der Waals surface area contributed by atoms with Gasteiger partial charge in [-0.1, -0.05) is 59.2 Å². The van der Waals surface area contributed by atoms with E-state index >= 15 is 0 Å². The van der Waals surface area contributed by atoms with Crippen molar-refractivity contribution >= 4 is 23.1 Å². The first-order valence-corrected chi connectivity index (χ1v) is 10.5. The van der Waals surface area contributed by atoms with Gasteiger partial charge in [-0.3, -0.25) is 4.79 Å². The fourth-order valence-electron chi connectivity index (χ4n) is 3.93. The van der Waals surface area contributed by atoms with Gasteiger partial charge in [0.25, 0.3) is 0 Å². The Bertz CT molecular complexity index is 468. The number of thiocarbonyl (C=S) groups is 1. The Morgan fingerprint density at radius 3 is 2.64 bits per heavy atom. The number of amides is 1. The molecule has 3 N–H and O–H groups in total. The molecular weight excluding hydrogens is 330 g/mol. The minimum Gasteiger partial charge on any atom is -0.377 e. The van der Waals surface area contributed by atoms with Crippen molar-refractivity contribution < 1.29 is 4.79 Å². The van der Waals surface area contributed by atoms with E-state index in [2.05, 4.69) is 12.2 Å². The lowest BCUT2D eigenvalue weighted by Crippen LogP contribution is -2.54. The van der Waals surface area contributed by atoms with E-state index in [1.54, 1.807) is 0 Å². The molecule has 0 bridgehead atoms. The second kappa shape index (κ2) is 8.81. The normalized spacial score (nSPS) is 27.7. The number of nitrogens with one attached hydrogen (secondary N) is 1. The van der Waals surface area contributed by atoms with Gasteiger partial charge < -0.3 is 16.0 Å². The van der Waals surface area contributed by atoms with Gasteiger partial charge in [0.15, 0.2) is 0 Å². The molecule has 0 aromatic rings. The number of nitrogens with zero attached hydrogens (tertiary/aromatic N) is 1. The molecule has 1 aliphatic carbocycles. The number of hydrogen-bond acceptors (Lipinski definition) is 3. The molecule has 0 spiro atoms. The van der Waals surface area contributed by atoms with E-state index in [1.165, 1.54) is 32.1 Å². The first kappa shape index (κ1) is 20.6. The standard InChI is InChI=1S/C20H37N3OS/c1-5-6-8-14-11-15(12-14)18(25)22-13-16-9-7-10-23(16)19(24)17(21)20(2,3)4/h14-17H,5-13,21H2,1-4H3,(H,22,25)/t14?,15?,16-,17-/m1/s1. The van der Waals surface area contributed by atoms with Gasteiger partial charge in [0.05, 0.1) is 11.0 Å². The Labute approximate surface area is 159 Å². The number of hydrogen-bond donors (Lipinski definition) is 2. The summed E-state index contributed by atoms with van der Waals surface area (Å²) in [7, 11) is 0. The summed E-state index contributed by atoms with van der Waals surface area (Å²) in [6.07, 6.45) is 8.57. The van der Waals surface area contributed by atoms with E-state index in [0.717, 1.165) is 36.8 Å². The highest BCUT2D eigenvalue weighted by molar-refractivity contribution is 7.80. The number of rotatable bonds is 7. The minimum absolute atomic E-state index is 0.0889. The third-order valence-corrected chi connectivity index (χ3v) is 6.42. The third-order valence-electron chi connectivity index (χ3n) is 5.94. The average Bonchev–Trinajstić information content (AvgIpc) is 2.97. The van der Waals surface area contributed by atoms with Crippen LogP contribution in [0.1, 0.15) is 72.6 Å². The molecule has 0 aromatic carbocycles. The molecule has 2 fully saturated rings. The fraction of sp³-hybridized carbons (Fsp3) is 0.900. The summed E-state index contributed by atoms with van der Waals surface area (Å²) in [5.41, 5.74) is 5.99. The number of carbonyl (C=O) groups is 1. The van der Waals surface area contributed by atoms with Crippen LogP contribution in [0.3, 0.4) is 0 Å².